The minimum absolute atomic E-state index is 0.331. The van der Waals surface area contributed by atoms with Crippen LogP contribution in [-0.2, 0) is 6.18 Å². The normalized spacial score (nSPS) is 13.0. The Morgan fingerprint density at radius 2 is 1.62 bits per heavy atom. The van der Waals surface area contributed by atoms with Gasteiger partial charge in [-0.25, -0.2) is 0 Å². The van der Waals surface area contributed by atoms with Gasteiger partial charge in [0.2, 0.25) is 0 Å². The molecule has 5 heteroatoms. The summed E-state index contributed by atoms with van der Waals surface area (Å²) in [4.78, 5) is 0. The van der Waals surface area contributed by atoms with Gasteiger partial charge in [0.1, 0.15) is 5.75 Å². The SMILES string of the molecule is CNC(c1cccc(OC)c1)c1cccc(C(F)(F)F)c1. The van der Waals surface area contributed by atoms with Crippen LogP contribution in [0.15, 0.2) is 48.5 Å². The lowest BCUT2D eigenvalue weighted by Crippen LogP contribution is -2.18. The Kier molecular flexibility index (Phi) is 4.53. The molecule has 1 atom stereocenters. The molecule has 0 aliphatic heterocycles. The second-order valence-electron chi connectivity index (χ2n) is 4.62. The van der Waals surface area contributed by atoms with Crippen LogP contribution >= 0.6 is 0 Å². The van der Waals surface area contributed by atoms with Crippen molar-refractivity contribution in [3.63, 3.8) is 0 Å². The average molecular weight is 295 g/mol. The monoisotopic (exact) mass is 295 g/mol. The molecule has 0 saturated carbocycles. The number of methoxy groups -OCH3 is 1. The van der Waals surface area contributed by atoms with Gasteiger partial charge in [-0.1, -0.05) is 24.3 Å². The number of hydrogen-bond acceptors (Lipinski definition) is 2. The van der Waals surface area contributed by atoms with E-state index in [9.17, 15) is 13.2 Å². The van der Waals surface area contributed by atoms with E-state index in [4.69, 9.17) is 4.74 Å². The summed E-state index contributed by atoms with van der Waals surface area (Å²) in [6, 6.07) is 12.3. The second kappa shape index (κ2) is 6.18. The highest BCUT2D eigenvalue weighted by molar-refractivity contribution is 5.38. The lowest BCUT2D eigenvalue weighted by molar-refractivity contribution is -0.137. The number of benzene rings is 2. The predicted octanol–water partition coefficient (Wildman–Crippen LogP) is 4.02. The number of nitrogens with one attached hydrogen (secondary N) is 1. The van der Waals surface area contributed by atoms with Gasteiger partial charge in [0.15, 0.2) is 0 Å². The number of halogens is 3. The Labute approximate surface area is 121 Å². The third-order valence-electron chi connectivity index (χ3n) is 3.26. The highest BCUT2D eigenvalue weighted by Crippen LogP contribution is 2.32. The van der Waals surface area contributed by atoms with Gasteiger partial charge in [-0.05, 0) is 42.4 Å². The van der Waals surface area contributed by atoms with Gasteiger partial charge in [-0.15, -0.1) is 0 Å². The van der Waals surface area contributed by atoms with Crippen LogP contribution < -0.4 is 10.1 Å². The summed E-state index contributed by atoms with van der Waals surface area (Å²) in [6.45, 7) is 0. The molecule has 2 aromatic rings. The van der Waals surface area contributed by atoms with E-state index >= 15 is 0 Å². The van der Waals surface area contributed by atoms with Gasteiger partial charge in [-0.3, -0.25) is 0 Å². The first-order valence-corrected chi connectivity index (χ1v) is 6.44. The highest BCUT2D eigenvalue weighted by Gasteiger charge is 2.31. The number of hydrogen-bond donors (Lipinski definition) is 1. The van der Waals surface area contributed by atoms with Crippen LogP contribution in [0.2, 0.25) is 0 Å². The summed E-state index contributed by atoms with van der Waals surface area (Å²) in [5.41, 5.74) is 0.750. The van der Waals surface area contributed by atoms with Crippen molar-refractivity contribution in [2.45, 2.75) is 12.2 Å². The van der Waals surface area contributed by atoms with Gasteiger partial charge in [0, 0.05) is 0 Å². The maximum atomic E-state index is 12.8. The molecule has 1 N–H and O–H groups in total. The minimum atomic E-state index is -4.34. The first-order valence-electron chi connectivity index (χ1n) is 6.44. The lowest BCUT2D eigenvalue weighted by atomic mass is 9.97. The Balaban J connectivity index is 2.41. The predicted molar refractivity (Wildman–Crippen MR) is 75.3 cm³/mol. The third kappa shape index (κ3) is 3.55. The summed E-state index contributed by atoms with van der Waals surface area (Å²) in [7, 11) is 3.27. The zero-order valence-corrected chi connectivity index (χ0v) is 11.7. The molecule has 2 rings (SSSR count). The van der Waals surface area contributed by atoms with E-state index < -0.39 is 11.7 Å². The Morgan fingerprint density at radius 3 is 2.19 bits per heavy atom. The third-order valence-corrected chi connectivity index (χ3v) is 3.26. The van der Waals surface area contributed by atoms with Crippen molar-refractivity contribution in [2.24, 2.45) is 0 Å². The molecular weight excluding hydrogens is 279 g/mol. The zero-order valence-electron chi connectivity index (χ0n) is 11.7. The standard InChI is InChI=1S/C16H16F3NO/c1-20-15(12-6-4-8-14(10-12)21-2)11-5-3-7-13(9-11)16(17,18)19/h3-10,15,20H,1-2H3. The van der Waals surface area contributed by atoms with Gasteiger partial charge < -0.3 is 10.1 Å². The Bertz CT molecular complexity index is 610. The van der Waals surface area contributed by atoms with E-state index in [1.165, 1.54) is 12.1 Å². The van der Waals surface area contributed by atoms with E-state index in [0.717, 1.165) is 11.6 Å². The maximum absolute atomic E-state index is 12.8. The van der Waals surface area contributed by atoms with Crippen LogP contribution in [0.3, 0.4) is 0 Å². The van der Waals surface area contributed by atoms with Crippen molar-refractivity contribution in [2.75, 3.05) is 14.2 Å². The van der Waals surface area contributed by atoms with E-state index in [0.29, 0.717) is 11.3 Å². The molecule has 0 amide bonds. The van der Waals surface area contributed by atoms with Crippen molar-refractivity contribution in [3.8, 4) is 5.75 Å². The quantitative estimate of drug-likeness (QED) is 0.919. The second-order valence-corrected chi connectivity index (χ2v) is 4.62. The highest BCUT2D eigenvalue weighted by atomic mass is 19.4. The van der Waals surface area contributed by atoms with E-state index in [1.54, 1.807) is 32.4 Å². The fourth-order valence-electron chi connectivity index (χ4n) is 2.24. The van der Waals surface area contributed by atoms with Gasteiger partial charge in [-0.2, -0.15) is 13.2 Å². The van der Waals surface area contributed by atoms with Crippen LogP contribution in [0, 0.1) is 0 Å². The molecule has 0 aliphatic rings. The molecule has 2 aromatic carbocycles. The number of ether oxygens (including phenoxy) is 1. The zero-order chi connectivity index (χ0) is 15.5. The molecular formula is C16H16F3NO. The summed E-state index contributed by atoms with van der Waals surface area (Å²) in [5, 5.41) is 3.04. The lowest BCUT2D eigenvalue weighted by Gasteiger charge is -2.19. The first-order chi connectivity index (χ1) is 9.95. The average Bonchev–Trinajstić information content (AvgIpc) is 2.48. The van der Waals surface area contributed by atoms with Crippen LogP contribution in [0.25, 0.3) is 0 Å². The minimum Gasteiger partial charge on any atom is -0.497 e. The molecule has 0 fully saturated rings. The van der Waals surface area contributed by atoms with Crippen molar-refractivity contribution in [1.29, 1.82) is 0 Å². The van der Waals surface area contributed by atoms with Gasteiger partial charge >= 0.3 is 6.18 Å². The summed E-state index contributed by atoms with van der Waals surface area (Å²) in [6.07, 6.45) is -4.34. The molecule has 0 aromatic heterocycles. The van der Waals surface area contributed by atoms with Crippen molar-refractivity contribution in [3.05, 3.63) is 65.2 Å². The first kappa shape index (κ1) is 15.4. The van der Waals surface area contributed by atoms with E-state index in [1.807, 2.05) is 12.1 Å². The molecule has 21 heavy (non-hydrogen) atoms. The molecule has 0 heterocycles. The molecule has 2 nitrogen and oxygen atoms in total. The largest absolute Gasteiger partial charge is 0.497 e. The molecule has 0 bridgehead atoms. The van der Waals surface area contributed by atoms with E-state index in [-0.39, 0.29) is 6.04 Å². The van der Waals surface area contributed by atoms with Crippen LogP contribution in [0.1, 0.15) is 22.7 Å². The van der Waals surface area contributed by atoms with Crippen molar-refractivity contribution >= 4 is 0 Å². The summed E-state index contributed by atoms with van der Waals surface area (Å²) >= 11 is 0. The fraction of sp³-hybridized carbons (Fsp3) is 0.250. The number of rotatable bonds is 4. The molecule has 1 unspecified atom stereocenters. The van der Waals surface area contributed by atoms with Gasteiger partial charge in [0.05, 0.1) is 18.7 Å². The Morgan fingerprint density at radius 1 is 1.00 bits per heavy atom. The molecule has 0 saturated heterocycles. The maximum Gasteiger partial charge on any atom is 0.416 e. The smallest absolute Gasteiger partial charge is 0.416 e. The fourth-order valence-corrected chi connectivity index (χ4v) is 2.24. The van der Waals surface area contributed by atoms with E-state index in [2.05, 4.69) is 5.32 Å². The van der Waals surface area contributed by atoms with Crippen LogP contribution in [-0.4, -0.2) is 14.2 Å². The molecule has 0 radical (unpaired) electrons. The Hall–Kier alpha value is -2.01. The number of alkyl halides is 3. The van der Waals surface area contributed by atoms with Crippen molar-refractivity contribution < 1.29 is 17.9 Å². The molecule has 0 aliphatic carbocycles. The molecule has 0 spiro atoms. The van der Waals surface area contributed by atoms with Gasteiger partial charge in [0.25, 0.3) is 0 Å². The summed E-state index contributed by atoms with van der Waals surface area (Å²) < 4.78 is 43.6. The summed E-state index contributed by atoms with van der Waals surface area (Å²) in [5.74, 6) is 0.666. The van der Waals surface area contributed by atoms with Crippen LogP contribution in [0.5, 0.6) is 5.75 Å². The molecule has 112 valence electrons. The van der Waals surface area contributed by atoms with Crippen LogP contribution in [0.4, 0.5) is 13.2 Å². The topological polar surface area (TPSA) is 21.3 Å². The van der Waals surface area contributed by atoms with Crippen molar-refractivity contribution in [1.82, 2.24) is 5.32 Å².